The molecule has 1 aromatic heterocycles. The van der Waals surface area contributed by atoms with E-state index in [0.717, 1.165) is 32.7 Å². The second kappa shape index (κ2) is 6.31. The van der Waals surface area contributed by atoms with Gasteiger partial charge in [-0.3, -0.25) is 4.90 Å². The van der Waals surface area contributed by atoms with Gasteiger partial charge in [-0.05, 0) is 13.5 Å². The largest absolute Gasteiger partial charge is 0.383 e. The number of likely N-dealkylation sites (N-methyl/N-ethyl adjacent to an activating group) is 1. The summed E-state index contributed by atoms with van der Waals surface area (Å²) in [6, 6.07) is 0.947. The maximum absolute atomic E-state index is 5.24. The minimum atomic E-state index is 0.461. The van der Waals surface area contributed by atoms with Crippen LogP contribution in [0, 0.1) is 0 Å². The monoisotopic (exact) mass is 252 g/mol. The fourth-order valence-corrected chi connectivity index (χ4v) is 2.61. The van der Waals surface area contributed by atoms with Gasteiger partial charge in [0, 0.05) is 38.7 Å². The molecule has 2 unspecified atom stereocenters. The van der Waals surface area contributed by atoms with Gasteiger partial charge in [-0.2, -0.15) is 0 Å². The second-order valence-corrected chi connectivity index (χ2v) is 5.00. The minimum absolute atomic E-state index is 0.461. The summed E-state index contributed by atoms with van der Waals surface area (Å²) in [5.41, 5.74) is 2.45. The molecule has 0 bridgehead atoms. The number of nitrogens with one attached hydrogen (secondary N) is 2. The van der Waals surface area contributed by atoms with Crippen molar-refractivity contribution in [1.82, 2.24) is 20.2 Å². The van der Waals surface area contributed by atoms with Gasteiger partial charge >= 0.3 is 0 Å². The lowest BCUT2D eigenvalue weighted by Gasteiger charge is -2.33. The molecule has 1 aliphatic heterocycles. The molecule has 102 valence electrons. The average Bonchev–Trinajstić information content (AvgIpc) is 2.83. The first-order valence-electron chi connectivity index (χ1n) is 6.72. The number of nitrogens with zero attached hydrogens (tertiary/aromatic N) is 2. The zero-order chi connectivity index (χ0) is 13.0. The predicted molar refractivity (Wildman–Crippen MR) is 71.5 cm³/mol. The molecule has 2 atom stereocenters. The molecule has 5 nitrogen and oxygen atoms in total. The molecule has 0 aliphatic carbocycles. The normalized spacial score (nSPS) is 21.0. The van der Waals surface area contributed by atoms with E-state index in [2.05, 4.69) is 34.0 Å². The second-order valence-electron chi connectivity index (χ2n) is 5.00. The zero-order valence-corrected chi connectivity index (χ0v) is 11.6. The van der Waals surface area contributed by atoms with Crippen LogP contribution in [0.15, 0.2) is 6.33 Å². The summed E-state index contributed by atoms with van der Waals surface area (Å²) in [5, 5.41) is 3.57. The topological polar surface area (TPSA) is 53.2 Å². The third-order valence-corrected chi connectivity index (χ3v) is 3.71. The lowest BCUT2D eigenvalue weighted by atomic mass is 10.0. The molecule has 5 heteroatoms. The van der Waals surface area contributed by atoms with E-state index < -0.39 is 0 Å². The van der Waals surface area contributed by atoms with Gasteiger partial charge in [0.1, 0.15) is 0 Å². The van der Waals surface area contributed by atoms with Crippen molar-refractivity contribution in [2.24, 2.45) is 0 Å². The number of fused-ring (bicyclic) bond motifs is 1. The predicted octanol–water partition coefficient (Wildman–Crippen LogP) is 0.781. The number of aromatic nitrogens is 2. The van der Waals surface area contributed by atoms with Crippen molar-refractivity contribution in [3.05, 3.63) is 17.7 Å². The van der Waals surface area contributed by atoms with Gasteiger partial charge < -0.3 is 15.0 Å². The summed E-state index contributed by atoms with van der Waals surface area (Å²) < 4.78 is 5.24. The van der Waals surface area contributed by atoms with Gasteiger partial charge in [0.25, 0.3) is 0 Å². The fraction of sp³-hybridized carbons (Fsp3) is 0.769. The molecule has 1 aromatic rings. The van der Waals surface area contributed by atoms with Crippen LogP contribution in [0.3, 0.4) is 0 Å². The Labute approximate surface area is 109 Å². The number of hydrogen-bond acceptors (Lipinski definition) is 4. The highest BCUT2D eigenvalue weighted by molar-refractivity contribution is 5.16. The quantitative estimate of drug-likeness (QED) is 0.785. The third kappa shape index (κ3) is 3.10. The van der Waals surface area contributed by atoms with Crippen molar-refractivity contribution in [3.8, 4) is 0 Å². The average molecular weight is 252 g/mol. The maximum atomic E-state index is 5.24. The van der Waals surface area contributed by atoms with Crippen LogP contribution in [0.25, 0.3) is 0 Å². The molecule has 0 saturated carbocycles. The summed E-state index contributed by atoms with van der Waals surface area (Å²) in [6.07, 6.45) is 2.80. The Morgan fingerprint density at radius 2 is 2.44 bits per heavy atom. The van der Waals surface area contributed by atoms with Crippen LogP contribution >= 0.6 is 0 Å². The van der Waals surface area contributed by atoms with E-state index in [4.69, 9.17) is 4.74 Å². The SMILES string of the molecule is CCN(CC1Cc2nc[nH]c2CN1)C(C)COC. The van der Waals surface area contributed by atoms with Crippen molar-refractivity contribution in [3.63, 3.8) is 0 Å². The summed E-state index contributed by atoms with van der Waals surface area (Å²) in [4.78, 5) is 10.0. The smallest absolute Gasteiger partial charge is 0.0925 e. The summed E-state index contributed by atoms with van der Waals surface area (Å²) >= 11 is 0. The van der Waals surface area contributed by atoms with Gasteiger partial charge in [-0.25, -0.2) is 4.98 Å². The zero-order valence-electron chi connectivity index (χ0n) is 11.6. The van der Waals surface area contributed by atoms with E-state index in [0.29, 0.717) is 12.1 Å². The van der Waals surface area contributed by atoms with E-state index in [1.807, 2.05) is 0 Å². The molecule has 2 heterocycles. The lowest BCUT2D eigenvalue weighted by Crippen LogP contribution is -2.48. The van der Waals surface area contributed by atoms with E-state index >= 15 is 0 Å². The van der Waals surface area contributed by atoms with Crippen LogP contribution in [0.1, 0.15) is 25.2 Å². The van der Waals surface area contributed by atoms with Crippen LogP contribution in [0.2, 0.25) is 0 Å². The maximum Gasteiger partial charge on any atom is 0.0925 e. The summed E-state index contributed by atoms with van der Waals surface area (Å²) in [5.74, 6) is 0. The minimum Gasteiger partial charge on any atom is -0.383 e. The molecule has 18 heavy (non-hydrogen) atoms. The fourth-order valence-electron chi connectivity index (χ4n) is 2.61. The van der Waals surface area contributed by atoms with E-state index in [1.165, 1.54) is 11.4 Å². The van der Waals surface area contributed by atoms with E-state index in [1.54, 1.807) is 13.4 Å². The molecular formula is C13H24N4O. The Balaban J connectivity index is 1.89. The molecule has 0 radical (unpaired) electrons. The third-order valence-electron chi connectivity index (χ3n) is 3.71. The highest BCUT2D eigenvalue weighted by atomic mass is 16.5. The summed E-state index contributed by atoms with van der Waals surface area (Å²) in [6.45, 7) is 8.21. The van der Waals surface area contributed by atoms with E-state index in [-0.39, 0.29) is 0 Å². The number of imidazole rings is 1. The first-order valence-corrected chi connectivity index (χ1v) is 6.72. The van der Waals surface area contributed by atoms with E-state index in [9.17, 15) is 0 Å². The van der Waals surface area contributed by atoms with Gasteiger partial charge in [0.2, 0.25) is 0 Å². The first kappa shape index (κ1) is 13.5. The molecule has 0 aromatic carbocycles. The highest BCUT2D eigenvalue weighted by Crippen LogP contribution is 2.13. The molecule has 0 fully saturated rings. The molecule has 0 amide bonds. The van der Waals surface area contributed by atoms with Crippen LogP contribution < -0.4 is 5.32 Å². The van der Waals surface area contributed by atoms with Crippen LogP contribution in [0.5, 0.6) is 0 Å². The Kier molecular flexibility index (Phi) is 4.74. The first-order chi connectivity index (χ1) is 8.74. The van der Waals surface area contributed by atoms with Crippen LogP contribution in [-0.4, -0.2) is 53.8 Å². The number of methoxy groups -OCH3 is 1. The standard InChI is InChI=1S/C13H24N4O/c1-4-17(10(2)8-18-3)7-11-5-12-13(6-14-11)16-9-15-12/h9-11,14H,4-8H2,1-3H3,(H,15,16). The van der Waals surface area contributed by atoms with Crippen molar-refractivity contribution in [1.29, 1.82) is 0 Å². The Hall–Kier alpha value is -0.910. The van der Waals surface area contributed by atoms with Crippen LogP contribution in [-0.2, 0) is 17.7 Å². The molecule has 0 spiro atoms. The molecule has 1 aliphatic rings. The van der Waals surface area contributed by atoms with Crippen LogP contribution in [0.4, 0.5) is 0 Å². The van der Waals surface area contributed by atoms with Gasteiger partial charge in [-0.15, -0.1) is 0 Å². The van der Waals surface area contributed by atoms with Crippen molar-refractivity contribution < 1.29 is 4.74 Å². The number of hydrogen-bond donors (Lipinski definition) is 2. The molecule has 2 rings (SSSR count). The summed E-state index contributed by atoms with van der Waals surface area (Å²) in [7, 11) is 1.76. The molecule has 2 N–H and O–H groups in total. The highest BCUT2D eigenvalue weighted by Gasteiger charge is 2.23. The number of rotatable bonds is 6. The van der Waals surface area contributed by atoms with Gasteiger partial charge in [0.15, 0.2) is 0 Å². The van der Waals surface area contributed by atoms with Gasteiger partial charge in [-0.1, -0.05) is 6.92 Å². The van der Waals surface area contributed by atoms with Gasteiger partial charge in [0.05, 0.1) is 24.3 Å². The lowest BCUT2D eigenvalue weighted by molar-refractivity contribution is 0.0946. The molecule has 0 saturated heterocycles. The van der Waals surface area contributed by atoms with Crippen molar-refractivity contribution in [2.75, 3.05) is 26.8 Å². The van der Waals surface area contributed by atoms with Crippen molar-refractivity contribution >= 4 is 0 Å². The Morgan fingerprint density at radius 3 is 3.17 bits per heavy atom. The Morgan fingerprint density at radius 1 is 1.61 bits per heavy atom. The van der Waals surface area contributed by atoms with Crippen molar-refractivity contribution in [2.45, 2.75) is 38.9 Å². The number of H-pyrrole nitrogens is 1. The number of aromatic amines is 1. The molecular weight excluding hydrogens is 228 g/mol. The Bertz CT molecular complexity index is 366. The number of ether oxygens (including phenoxy) is 1.